The van der Waals surface area contributed by atoms with Crippen molar-refractivity contribution in [2.24, 2.45) is 0 Å². The van der Waals surface area contributed by atoms with Gasteiger partial charge in [-0.3, -0.25) is 5.32 Å². The number of nitrogens with zero attached hydrogens (tertiary/aromatic N) is 3. The molecule has 0 aliphatic carbocycles. The minimum absolute atomic E-state index is 0.396. The van der Waals surface area contributed by atoms with Crippen LogP contribution in [0.1, 0.15) is 25.1 Å². The lowest BCUT2D eigenvalue weighted by Gasteiger charge is -2.32. The number of aliphatic carboxylic acids is 1. The second kappa shape index (κ2) is 5.30. The van der Waals surface area contributed by atoms with Crippen LogP contribution in [0.5, 0.6) is 0 Å². The van der Waals surface area contributed by atoms with Gasteiger partial charge in [0.05, 0.1) is 0 Å². The number of rotatable bonds is 2. The van der Waals surface area contributed by atoms with Crippen molar-refractivity contribution in [2.75, 3.05) is 11.9 Å². The van der Waals surface area contributed by atoms with E-state index in [9.17, 15) is 9.59 Å². The molecule has 1 saturated heterocycles. The zero-order valence-corrected chi connectivity index (χ0v) is 10.7. The van der Waals surface area contributed by atoms with E-state index in [1.165, 1.54) is 4.90 Å². The Bertz CT molecular complexity index is 462. The molecule has 1 aliphatic rings. The lowest BCUT2D eigenvalue weighted by molar-refractivity contribution is -0.143. The van der Waals surface area contributed by atoms with Crippen molar-refractivity contribution in [1.82, 2.24) is 14.3 Å². The highest BCUT2D eigenvalue weighted by Crippen LogP contribution is 2.19. The first-order valence-corrected chi connectivity index (χ1v) is 6.46. The highest BCUT2D eigenvalue weighted by Gasteiger charge is 2.32. The van der Waals surface area contributed by atoms with Crippen LogP contribution in [-0.4, -0.2) is 44.0 Å². The lowest BCUT2D eigenvalue weighted by atomic mass is 10.0. The van der Waals surface area contributed by atoms with Crippen LogP contribution >= 0.6 is 11.5 Å². The summed E-state index contributed by atoms with van der Waals surface area (Å²) in [6, 6.07) is -1.16. The Hall–Kier alpha value is -1.70. The molecule has 2 heterocycles. The van der Waals surface area contributed by atoms with Crippen LogP contribution in [0.25, 0.3) is 0 Å². The van der Waals surface area contributed by atoms with Crippen LogP contribution in [0, 0.1) is 6.92 Å². The molecule has 1 atom stereocenters. The Morgan fingerprint density at radius 3 is 2.89 bits per heavy atom. The maximum absolute atomic E-state index is 12.0. The number of aromatic nitrogens is 2. The van der Waals surface area contributed by atoms with E-state index < -0.39 is 18.0 Å². The van der Waals surface area contributed by atoms with E-state index in [1.807, 2.05) is 0 Å². The van der Waals surface area contributed by atoms with Crippen molar-refractivity contribution in [1.29, 1.82) is 0 Å². The summed E-state index contributed by atoms with van der Waals surface area (Å²) >= 11 is 1.08. The predicted octanol–water partition coefficient (Wildman–Crippen LogP) is 1.32. The van der Waals surface area contributed by atoms with Crippen molar-refractivity contribution in [3.63, 3.8) is 0 Å². The Labute approximate surface area is 108 Å². The highest BCUT2D eigenvalue weighted by atomic mass is 32.1. The van der Waals surface area contributed by atoms with E-state index in [2.05, 4.69) is 14.7 Å². The summed E-state index contributed by atoms with van der Waals surface area (Å²) in [5.74, 6) is -0.373. The quantitative estimate of drug-likeness (QED) is 0.845. The molecule has 0 spiro atoms. The SMILES string of the molecule is Cc1nsc(NC(=O)N2CCCCC2C(=O)O)n1. The molecule has 0 saturated carbocycles. The molecule has 2 amide bonds. The van der Waals surface area contributed by atoms with E-state index in [0.717, 1.165) is 24.4 Å². The molecule has 1 unspecified atom stereocenters. The van der Waals surface area contributed by atoms with Gasteiger partial charge in [0.15, 0.2) is 0 Å². The molecular formula is C10H14N4O3S. The second-order valence-electron chi connectivity index (χ2n) is 4.12. The molecule has 1 aromatic heterocycles. The zero-order chi connectivity index (χ0) is 13.1. The van der Waals surface area contributed by atoms with E-state index in [1.54, 1.807) is 6.92 Å². The van der Waals surface area contributed by atoms with Gasteiger partial charge < -0.3 is 10.0 Å². The number of aryl methyl sites for hydroxylation is 1. The van der Waals surface area contributed by atoms with Crippen LogP contribution < -0.4 is 5.32 Å². The summed E-state index contributed by atoms with van der Waals surface area (Å²) in [6.45, 7) is 2.19. The number of likely N-dealkylation sites (tertiary alicyclic amines) is 1. The monoisotopic (exact) mass is 270 g/mol. The molecule has 8 heteroatoms. The third-order valence-electron chi connectivity index (χ3n) is 2.79. The molecule has 1 aromatic rings. The van der Waals surface area contributed by atoms with Gasteiger partial charge in [0, 0.05) is 18.1 Å². The van der Waals surface area contributed by atoms with Crippen LogP contribution in [0.3, 0.4) is 0 Å². The fraction of sp³-hybridized carbons (Fsp3) is 0.600. The number of hydrogen-bond acceptors (Lipinski definition) is 5. The van der Waals surface area contributed by atoms with E-state index in [4.69, 9.17) is 5.11 Å². The van der Waals surface area contributed by atoms with Crippen molar-refractivity contribution in [3.05, 3.63) is 5.82 Å². The number of carboxylic acids is 1. The van der Waals surface area contributed by atoms with Crippen LogP contribution in [-0.2, 0) is 4.79 Å². The van der Waals surface area contributed by atoms with E-state index in [0.29, 0.717) is 23.9 Å². The Balaban J connectivity index is 2.04. The Kier molecular flexibility index (Phi) is 3.75. The maximum atomic E-state index is 12.0. The van der Waals surface area contributed by atoms with Gasteiger partial charge in [0.1, 0.15) is 11.9 Å². The molecule has 7 nitrogen and oxygen atoms in total. The smallest absolute Gasteiger partial charge is 0.326 e. The first kappa shape index (κ1) is 12.7. The average molecular weight is 270 g/mol. The summed E-state index contributed by atoms with van der Waals surface area (Å²) in [5, 5.41) is 12.1. The highest BCUT2D eigenvalue weighted by molar-refractivity contribution is 7.09. The van der Waals surface area contributed by atoms with Crippen LogP contribution in [0.2, 0.25) is 0 Å². The lowest BCUT2D eigenvalue weighted by Crippen LogP contribution is -2.49. The first-order valence-electron chi connectivity index (χ1n) is 5.68. The van der Waals surface area contributed by atoms with Gasteiger partial charge in [-0.1, -0.05) is 0 Å². The molecule has 18 heavy (non-hydrogen) atoms. The Morgan fingerprint density at radius 2 is 2.28 bits per heavy atom. The Morgan fingerprint density at radius 1 is 1.50 bits per heavy atom. The molecule has 98 valence electrons. The van der Waals surface area contributed by atoms with Crippen LogP contribution in [0.15, 0.2) is 0 Å². The molecule has 0 bridgehead atoms. The molecular weight excluding hydrogens is 256 g/mol. The topological polar surface area (TPSA) is 95.4 Å². The number of urea groups is 1. The number of anilines is 1. The predicted molar refractivity (Wildman–Crippen MR) is 65.6 cm³/mol. The minimum Gasteiger partial charge on any atom is -0.480 e. The van der Waals surface area contributed by atoms with Gasteiger partial charge in [0.25, 0.3) is 0 Å². The summed E-state index contributed by atoms with van der Waals surface area (Å²) in [5.41, 5.74) is 0. The molecule has 1 aliphatic heterocycles. The average Bonchev–Trinajstić information content (AvgIpc) is 2.74. The van der Waals surface area contributed by atoms with Crippen molar-refractivity contribution in [2.45, 2.75) is 32.2 Å². The summed E-state index contributed by atoms with van der Waals surface area (Å²) in [4.78, 5) is 28.4. The first-order chi connectivity index (χ1) is 8.58. The van der Waals surface area contributed by atoms with E-state index in [-0.39, 0.29) is 0 Å². The fourth-order valence-electron chi connectivity index (χ4n) is 1.94. The van der Waals surface area contributed by atoms with Gasteiger partial charge in [-0.2, -0.15) is 4.37 Å². The third-order valence-corrected chi connectivity index (χ3v) is 3.51. The third kappa shape index (κ3) is 2.76. The number of carbonyl (C=O) groups excluding carboxylic acids is 1. The minimum atomic E-state index is -0.960. The van der Waals surface area contributed by atoms with Gasteiger partial charge in [0.2, 0.25) is 5.13 Å². The van der Waals surface area contributed by atoms with Gasteiger partial charge in [-0.15, -0.1) is 0 Å². The molecule has 2 rings (SSSR count). The molecule has 1 fully saturated rings. The normalized spacial score (nSPS) is 19.6. The molecule has 0 radical (unpaired) electrons. The van der Waals surface area contributed by atoms with E-state index >= 15 is 0 Å². The van der Waals surface area contributed by atoms with Gasteiger partial charge in [-0.05, 0) is 26.2 Å². The van der Waals surface area contributed by atoms with Crippen molar-refractivity contribution >= 4 is 28.7 Å². The number of hydrogen-bond donors (Lipinski definition) is 2. The maximum Gasteiger partial charge on any atom is 0.326 e. The number of amides is 2. The van der Waals surface area contributed by atoms with Crippen molar-refractivity contribution in [3.8, 4) is 0 Å². The number of nitrogens with one attached hydrogen (secondary N) is 1. The second-order valence-corrected chi connectivity index (χ2v) is 4.87. The summed E-state index contributed by atoms with van der Waals surface area (Å²) < 4.78 is 3.95. The fourth-order valence-corrected chi connectivity index (χ4v) is 2.51. The largest absolute Gasteiger partial charge is 0.480 e. The van der Waals surface area contributed by atoms with Gasteiger partial charge >= 0.3 is 12.0 Å². The number of piperidine rings is 1. The number of carboxylic acid groups (broad SMARTS) is 1. The molecule has 2 N–H and O–H groups in total. The van der Waals surface area contributed by atoms with Crippen molar-refractivity contribution < 1.29 is 14.7 Å². The summed E-state index contributed by atoms with van der Waals surface area (Å²) in [6.07, 6.45) is 2.16. The zero-order valence-electron chi connectivity index (χ0n) is 9.92. The summed E-state index contributed by atoms with van der Waals surface area (Å²) in [7, 11) is 0. The van der Waals surface area contributed by atoms with Gasteiger partial charge in [-0.25, -0.2) is 14.6 Å². The van der Waals surface area contributed by atoms with Crippen LogP contribution in [0.4, 0.5) is 9.93 Å². The number of carbonyl (C=O) groups is 2. The molecule has 0 aromatic carbocycles. The standard InChI is InChI=1S/C10H14N4O3S/c1-6-11-9(18-13-6)12-10(17)14-5-3-2-4-7(14)8(15)16/h7H,2-5H2,1H3,(H,15,16)(H,11,12,13,17).